The van der Waals surface area contributed by atoms with E-state index < -0.39 is 10.9 Å². The minimum Gasteiger partial charge on any atom is -0.352 e. The van der Waals surface area contributed by atoms with Gasteiger partial charge < -0.3 is 4.52 Å². The topological polar surface area (TPSA) is 9.23 Å². The van der Waals surface area contributed by atoms with Crippen LogP contribution in [0.15, 0.2) is 103 Å². The average molecular weight is 488 g/mol. The lowest BCUT2D eigenvalue weighted by Gasteiger charge is -2.33. The molecule has 0 saturated carbocycles. The Kier molecular flexibility index (Phi) is 6.82. The molecule has 3 aromatic carbocycles. The van der Waals surface area contributed by atoms with Crippen molar-refractivity contribution in [2.24, 2.45) is 0 Å². The summed E-state index contributed by atoms with van der Waals surface area (Å²) in [5, 5.41) is 2.25. The van der Waals surface area contributed by atoms with Crippen molar-refractivity contribution in [1.82, 2.24) is 0 Å². The fourth-order valence-corrected chi connectivity index (χ4v) is 7.16. The standard InChI is InChI=1S/C26H22Cl3OP/c1-31(30-19-26(27,28)29)24(21-13-7-3-8-14-21)17-23(20-11-5-2-6-12-20)18-25(31)22-15-9-4-10-16-22/h2-18H,19H2,1H3. The highest BCUT2D eigenvalue weighted by Gasteiger charge is 2.32. The number of halogens is 3. The number of allylic oxidation sites excluding steroid dienone is 3. The summed E-state index contributed by atoms with van der Waals surface area (Å²) in [4.78, 5) is 0. The Morgan fingerprint density at radius 3 is 1.68 bits per heavy atom. The molecule has 0 amide bonds. The van der Waals surface area contributed by atoms with Gasteiger partial charge in [0.15, 0.2) is 0 Å². The summed E-state index contributed by atoms with van der Waals surface area (Å²) >= 11 is 18.3. The van der Waals surface area contributed by atoms with Crippen molar-refractivity contribution in [3.63, 3.8) is 0 Å². The van der Waals surface area contributed by atoms with E-state index in [2.05, 4.69) is 67.3 Å². The smallest absolute Gasteiger partial charge is 0.213 e. The molecule has 4 rings (SSSR count). The van der Waals surface area contributed by atoms with Gasteiger partial charge in [0.1, 0.15) is 0 Å². The molecule has 31 heavy (non-hydrogen) atoms. The summed E-state index contributed by atoms with van der Waals surface area (Å²) in [6.45, 7) is 2.17. The third-order valence-electron chi connectivity index (χ3n) is 5.24. The second-order valence-corrected chi connectivity index (χ2v) is 13.0. The summed E-state index contributed by atoms with van der Waals surface area (Å²) in [7, 11) is -2.33. The predicted molar refractivity (Wildman–Crippen MR) is 138 cm³/mol. The SMILES string of the molecule is CP1(OCC(Cl)(Cl)Cl)=C(c2ccccc2)C=C(c2ccccc2)C=C1c1ccccc1. The highest BCUT2D eigenvalue weighted by Crippen LogP contribution is 2.63. The molecule has 0 spiro atoms. The molecular formula is C26H22Cl3OP. The van der Waals surface area contributed by atoms with Crippen LogP contribution in [-0.4, -0.2) is 22.4 Å². The molecule has 1 nitrogen and oxygen atoms in total. The normalized spacial score (nSPS) is 19.0. The fraction of sp³-hybridized carbons (Fsp3) is 0.115. The summed E-state index contributed by atoms with van der Waals surface area (Å²) in [6.07, 6.45) is 4.45. The molecule has 3 aromatic rings. The molecule has 0 radical (unpaired) electrons. The largest absolute Gasteiger partial charge is 0.352 e. The Hall–Kier alpha value is -1.73. The number of rotatable bonds is 5. The molecule has 1 aliphatic heterocycles. The van der Waals surface area contributed by atoms with E-state index in [1.807, 2.05) is 42.5 Å². The van der Waals surface area contributed by atoms with Crippen molar-refractivity contribution in [2.75, 3.05) is 13.3 Å². The van der Waals surface area contributed by atoms with Crippen LogP contribution in [0.2, 0.25) is 0 Å². The van der Waals surface area contributed by atoms with Gasteiger partial charge in [0, 0.05) is 17.7 Å². The van der Waals surface area contributed by atoms with Crippen LogP contribution in [-0.2, 0) is 4.52 Å². The van der Waals surface area contributed by atoms with E-state index in [1.54, 1.807) is 0 Å². The van der Waals surface area contributed by atoms with Gasteiger partial charge >= 0.3 is 0 Å². The van der Waals surface area contributed by atoms with Gasteiger partial charge in [0.05, 0.1) is 6.61 Å². The minimum atomic E-state index is -2.33. The first kappa shape index (κ1) is 22.5. The molecule has 0 bridgehead atoms. The zero-order chi connectivity index (χ0) is 21.9. The summed E-state index contributed by atoms with van der Waals surface area (Å²) < 4.78 is 5.03. The third-order valence-corrected chi connectivity index (χ3v) is 8.82. The first-order valence-electron chi connectivity index (χ1n) is 9.92. The van der Waals surface area contributed by atoms with E-state index in [0.717, 1.165) is 32.9 Å². The second kappa shape index (κ2) is 9.41. The lowest BCUT2D eigenvalue weighted by atomic mass is 10.0. The van der Waals surface area contributed by atoms with Crippen molar-refractivity contribution in [2.45, 2.75) is 3.79 Å². The van der Waals surface area contributed by atoms with E-state index >= 15 is 0 Å². The van der Waals surface area contributed by atoms with Gasteiger partial charge in [-0.3, -0.25) is 0 Å². The monoisotopic (exact) mass is 486 g/mol. The quantitative estimate of drug-likeness (QED) is 0.260. The Labute approximate surface area is 199 Å². The van der Waals surface area contributed by atoms with Gasteiger partial charge in [-0.15, -0.1) is 0 Å². The molecule has 0 fully saturated rings. The van der Waals surface area contributed by atoms with Crippen molar-refractivity contribution in [3.05, 3.63) is 120 Å². The van der Waals surface area contributed by atoms with E-state index in [0.29, 0.717) is 0 Å². The molecule has 1 heterocycles. The Morgan fingerprint density at radius 2 is 1.16 bits per heavy atom. The maximum atomic E-state index is 6.52. The van der Waals surface area contributed by atoms with Gasteiger partial charge in [-0.05, 0) is 41.1 Å². The van der Waals surface area contributed by atoms with Crippen LogP contribution in [0.4, 0.5) is 0 Å². The van der Waals surface area contributed by atoms with Gasteiger partial charge in [-0.2, -0.15) is 0 Å². The zero-order valence-corrected chi connectivity index (χ0v) is 20.2. The van der Waals surface area contributed by atoms with Crippen LogP contribution in [0.5, 0.6) is 0 Å². The lowest BCUT2D eigenvalue weighted by Crippen LogP contribution is -2.16. The Bertz CT molecular complexity index is 1160. The van der Waals surface area contributed by atoms with Crippen LogP contribution in [0.25, 0.3) is 10.9 Å². The number of hydrogen-bond donors (Lipinski definition) is 0. The van der Waals surface area contributed by atoms with E-state index in [9.17, 15) is 0 Å². The summed E-state index contributed by atoms with van der Waals surface area (Å²) in [6, 6.07) is 31.0. The highest BCUT2D eigenvalue weighted by molar-refractivity contribution is 7.81. The van der Waals surface area contributed by atoms with Gasteiger partial charge in [-0.1, -0.05) is 126 Å². The van der Waals surface area contributed by atoms with Crippen LogP contribution in [0, 0.1) is 0 Å². The zero-order valence-electron chi connectivity index (χ0n) is 17.0. The molecule has 5 heteroatoms. The van der Waals surface area contributed by atoms with Crippen molar-refractivity contribution in [1.29, 1.82) is 0 Å². The third kappa shape index (κ3) is 5.20. The molecular weight excluding hydrogens is 466 g/mol. The van der Waals surface area contributed by atoms with E-state index in [4.69, 9.17) is 39.3 Å². The first-order valence-corrected chi connectivity index (χ1v) is 13.2. The van der Waals surface area contributed by atoms with Crippen molar-refractivity contribution in [3.8, 4) is 0 Å². The van der Waals surface area contributed by atoms with Crippen LogP contribution in [0.1, 0.15) is 16.7 Å². The number of hydrogen-bond acceptors (Lipinski definition) is 1. The molecule has 0 aromatic heterocycles. The maximum absolute atomic E-state index is 6.52. The average Bonchev–Trinajstić information content (AvgIpc) is 2.79. The van der Waals surface area contributed by atoms with Crippen molar-refractivity contribution >= 4 is 58.1 Å². The van der Waals surface area contributed by atoms with Crippen LogP contribution >= 0.6 is 41.9 Å². The van der Waals surface area contributed by atoms with Gasteiger partial charge in [-0.25, -0.2) is 0 Å². The number of alkyl halides is 3. The van der Waals surface area contributed by atoms with Crippen LogP contribution < -0.4 is 0 Å². The van der Waals surface area contributed by atoms with E-state index in [1.165, 1.54) is 0 Å². The second-order valence-electron chi connectivity index (χ2n) is 7.43. The molecule has 158 valence electrons. The summed E-state index contributed by atoms with van der Waals surface area (Å²) in [5.41, 5.74) is 4.50. The molecule has 0 N–H and O–H groups in total. The fourth-order valence-electron chi connectivity index (χ4n) is 3.73. The Balaban J connectivity index is 2.00. The molecule has 0 saturated heterocycles. The van der Waals surface area contributed by atoms with Gasteiger partial charge in [0.25, 0.3) is 0 Å². The van der Waals surface area contributed by atoms with Gasteiger partial charge in [0.2, 0.25) is 3.79 Å². The minimum absolute atomic E-state index is 0.0109. The van der Waals surface area contributed by atoms with Crippen LogP contribution in [0.3, 0.4) is 0 Å². The molecule has 1 aliphatic rings. The predicted octanol–water partition coefficient (Wildman–Crippen LogP) is 8.29. The highest BCUT2D eigenvalue weighted by atomic mass is 35.6. The lowest BCUT2D eigenvalue weighted by molar-refractivity contribution is 0.366. The molecule has 0 aliphatic carbocycles. The molecule has 1 atom stereocenters. The summed E-state index contributed by atoms with van der Waals surface area (Å²) in [5.74, 6) is 0. The first-order chi connectivity index (χ1) is 14.9. The maximum Gasteiger partial charge on any atom is 0.213 e. The Morgan fingerprint density at radius 1 is 0.677 bits per heavy atom. The van der Waals surface area contributed by atoms with E-state index in [-0.39, 0.29) is 6.61 Å². The van der Waals surface area contributed by atoms with Crippen molar-refractivity contribution < 1.29 is 4.52 Å². The molecule has 1 unspecified atom stereocenters. The number of benzene rings is 3.